The lowest BCUT2D eigenvalue weighted by atomic mass is 9.63. The highest BCUT2D eigenvalue weighted by atomic mass is 16.1. The molecule has 1 saturated carbocycles. The van der Waals surface area contributed by atoms with Crippen LogP contribution in [0.25, 0.3) is 6.08 Å². The van der Waals surface area contributed by atoms with E-state index < -0.39 is 5.41 Å². The van der Waals surface area contributed by atoms with Gasteiger partial charge in [0.25, 0.3) is 0 Å². The molecule has 0 saturated heterocycles. The summed E-state index contributed by atoms with van der Waals surface area (Å²) in [5.74, 6) is 0.368. The van der Waals surface area contributed by atoms with E-state index in [1.54, 1.807) is 6.08 Å². The standard InChI is InChI=1S/C18H18O2/c1-18-10-9-16(19)12-15(18)8-7-14(17(18)20)11-13-5-3-2-4-6-13/h2-6,11-12H,7-10H2,1H3/b14-11-. The van der Waals surface area contributed by atoms with Crippen molar-refractivity contribution in [1.29, 1.82) is 0 Å². The normalized spacial score (nSPS) is 28.2. The zero-order chi connectivity index (χ0) is 14.2. The maximum absolute atomic E-state index is 12.8. The number of hydrogen-bond acceptors (Lipinski definition) is 2. The number of fused-ring (bicyclic) bond motifs is 1. The van der Waals surface area contributed by atoms with Gasteiger partial charge in [0.1, 0.15) is 0 Å². The van der Waals surface area contributed by atoms with E-state index in [-0.39, 0.29) is 11.6 Å². The van der Waals surface area contributed by atoms with Gasteiger partial charge in [0.2, 0.25) is 0 Å². The maximum Gasteiger partial charge on any atom is 0.168 e. The molecule has 1 aromatic rings. The second-order valence-electron chi connectivity index (χ2n) is 5.88. The van der Waals surface area contributed by atoms with Gasteiger partial charge in [0.05, 0.1) is 5.41 Å². The Hall–Kier alpha value is -1.96. The monoisotopic (exact) mass is 266 g/mol. The van der Waals surface area contributed by atoms with Gasteiger partial charge in [-0.1, -0.05) is 35.9 Å². The first-order valence-corrected chi connectivity index (χ1v) is 7.14. The molecule has 0 N–H and O–H groups in total. The lowest BCUT2D eigenvalue weighted by Crippen LogP contribution is -2.38. The van der Waals surface area contributed by atoms with Crippen LogP contribution >= 0.6 is 0 Å². The zero-order valence-corrected chi connectivity index (χ0v) is 11.7. The smallest absolute Gasteiger partial charge is 0.168 e. The van der Waals surface area contributed by atoms with Gasteiger partial charge < -0.3 is 0 Å². The van der Waals surface area contributed by atoms with E-state index in [0.29, 0.717) is 12.8 Å². The largest absolute Gasteiger partial charge is 0.295 e. The Morgan fingerprint density at radius 1 is 1.05 bits per heavy atom. The second-order valence-corrected chi connectivity index (χ2v) is 5.88. The number of carbonyl (C=O) groups is 2. The molecule has 0 heterocycles. The molecule has 1 aromatic carbocycles. The highest BCUT2D eigenvalue weighted by Crippen LogP contribution is 2.46. The number of hydrogen-bond donors (Lipinski definition) is 0. The predicted octanol–water partition coefficient (Wildman–Crippen LogP) is 3.73. The van der Waals surface area contributed by atoms with Gasteiger partial charge in [0.15, 0.2) is 11.6 Å². The summed E-state index contributed by atoms with van der Waals surface area (Å²) in [6.45, 7) is 1.99. The summed E-state index contributed by atoms with van der Waals surface area (Å²) in [5, 5.41) is 0. The van der Waals surface area contributed by atoms with Crippen LogP contribution in [0.15, 0.2) is 47.6 Å². The number of ketones is 2. The summed E-state index contributed by atoms with van der Waals surface area (Å²) >= 11 is 0. The van der Waals surface area contributed by atoms with Gasteiger partial charge in [-0.15, -0.1) is 0 Å². The second kappa shape index (κ2) is 4.86. The van der Waals surface area contributed by atoms with Crippen LogP contribution in [0, 0.1) is 5.41 Å². The fourth-order valence-electron chi connectivity index (χ4n) is 3.19. The fraction of sp³-hybridized carbons (Fsp3) is 0.333. The van der Waals surface area contributed by atoms with E-state index in [4.69, 9.17) is 0 Å². The van der Waals surface area contributed by atoms with Crippen LogP contribution in [-0.4, -0.2) is 11.6 Å². The van der Waals surface area contributed by atoms with Crippen molar-refractivity contribution < 1.29 is 9.59 Å². The van der Waals surface area contributed by atoms with Crippen LogP contribution in [-0.2, 0) is 9.59 Å². The molecule has 3 rings (SSSR count). The third-order valence-corrected chi connectivity index (χ3v) is 4.51. The Morgan fingerprint density at radius 3 is 2.55 bits per heavy atom. The molecule has 0 amide bonds. The van der Waals surface area contributed by atoms with Crippen molar-refractivity contribution in [3.8, 4) is 0 Å². The Kier molecular flexibility index (Phi) is 3.17. The first-order chi connectivity index (χ1) is 9.59. The summed E-state index contributed by atoms with van der Waals surface area (Å²) in [6, 6.07) is 9.95. The minimum absolute atomic E-state index is 0.167. The van der Waals surface area contributed by atoms with Crippen molar-refractivity contribution in [2.75, 3.05) is 0 Å². The van der Waals surface area contributed by atoms with Gasteiger partial charge in [0, 0.05) is 6.42 Å². The lowest BCUT2D eigenvalue weighted by molar-refractivity contribution is -0.125. The molecule has 102 valence electrons. The van der Waals surface area contributed by atoms with E-state index in [1.807, 2.05) is 43.3 Å². The Balaban J connectivity index is 1.96. The zero-order valence-electron chi connectivity index (χ0n) is 11.7. The third kappa shape index (κ3) is 2.15. The van der Waals surface area contributed by atoms with Gasteiger partial charge >= 0.3 is 0 Å². The summed E-state index contributed by atoms with van der Waals surface area (Å²) in [4.78, 5) is 24.3. The minimum atomic E-state index is -0.452. The van der Waals surface area contributed by atoms with Gasteiger partial charge in [-0.25, -0.2) is 0 Å². The summed E-state index contributed by atoms with van der Waals surface area (Å²) in [5.41, 5.74) is 2.54. The van der Waals surface area contributed by atoms with Crippen LogP contribution in [0.5, 0.6) is 0 Å². The van der Waals surface area contributed by atoms with Crippen molar-refractivity contribution in [3.05, 3.63) is 53.1 Å². The average molecular weight is 266 g/mol. The summed E-state index contributed by atoms with van der Waals surface area (Å²) in [7, 11) is 0. The molecule has 2 aliphatic carbocycles. The Labute approximate surface area is 119 Å². The molecule has 0 aromatic heterocycles. The highest BCUT2D eigenvalue weighted by Gasteiger charge is 2.43. The topological polar surface area (TPSA) is 34.1 Å². The fourth-order valence-corrected chi connectivity index (χ4v) is 3.19. The molecular weight excluding hydrogens is 248 g/mol. The maximum atomic E-state index is 12.8. The van der Waals surface area contributed by atoms with E-state index in [9.17, 15) is 9.59 Å². The minimum Gasteiger partial charge on any atom is -0.295 e. The predicted molar refractivity (Wildman–Crippen MR) is 79.1 cm³/mol. The van der Waals surface area contributed by atoms with E-state index in [1.165, 1.54) is 0 Å². The molecule has 0 radical (unpaired) electrons. The van der Waals surface area contributed by atoms with E-state index >= 15 is 0 Å². The quantitative estimate of drug-likeness (QED) is 0.726. The molecule has 2 nitrogen and oxygen atoms in total. The first kappa shape index (κ1) is 13.0. The van der Waals surface area contributed by atoms with Gasteiger partial charge in [-0.3, -0.25) is 9.59 Å². The third-order valence-electron chi connectivity index (χ3n) is 4.51. The Bertz CT molecular complexity index is 622. The lowest BCUT2D eigenvalue weighted by Gasteiger charge is -2.38. The van der Waals surface area contributed by atoms with Crippen molar-refractivity contribution >= 4 is 17.6 Å². The Morgan fingerprint density at radius 2 is 1.80 bits per heavy atom. The number of rotatable bonds is 1. The summed E-state index contributed by atoms with van der Waals surface area (Å²) < 4.78 is 0. The van der Waals surface area contributed by atoms with Crippen LogP contribution in [0.2, 0.25) is 0 Å². The molecule has 1 fully saturated rings. The van der Waals surface area contributed by atoms with Gasteiger partial charge in [-0.2, -0.15) is 0 Å². The van der Waals surface area contributed by atoms with Crippen LogP contribution in [0.4, 0.5) is 0 Å². The van der Waals surface area contributed by atoms with E-state index in [0.717, 1.165) is 29.6 Å². The average Bonchev–Trinajstić information content (AvgIpc) is 2.46. The molecule has 1 unspecified atom stereocenters. The molecule has 2 aliphatic rings. The van der Waals surface area contributed by atoms with Crippen molar-refractivity contribution in [2.24, 2.45) is 5.41 Å². The number of carbonyl (C=O) groups excluding carboxylic acids is 2. The molecule has 1 atom stereocenters. The first-order valence-electron chi connectivity index (χ1n) is 7.14. The molecule has 0 bridgehead atoms. The van der Waals surface area contributed by atoms with Crippen molar-refractivity contribution in [3.63, 3.8) is 0 Å². The molecule has 20 heavy (non-hydrogen) atoms. The van der Waals surface area contributed by atoms with Crippen LogP contribution in [0.1, 0.15) is 38.2 Å². The molecule has 0 aliphatic heterocycles. The number of allylic oxidation sites excluding steroid dienone is 3. The number of benzene rings is 1. The van der Waals surface area contributed by atoms with Crippen molar-refractivity contribution in [2.45, 2.75) is 32.6 Å². The van der Waals surface area contributed by atoms with Crippen LogP contribution in [0.3, 0.4) is 0 Å². The molecule has 0 spiro atoms. The van der Waals surface area contributed by atoms with Gasteiger partial charge in [-0.05, 0) is 49.5 Å². The molecule has 2 heteroatoms. The highest BCUT2D eigenvalue weighted by molar-refractivity contribution is 6.08. The van der Waals surface area contributed by atoms with Crippen LogP contribution < -0.4 is 0 Å². The molecular formula is C18H18O2. The summed E-state index contributed by atoms with van der Waals surface area (Å²) in [6.07, 6.45) is 6.42. The number of Topliss-reactive ketones (excluding diaryl/α,β-unsaturated/α-hetero) is 1. The van der Waals surface area contributed by atoms with E-state index in [2.05, 4.69) is 0 Å². The SMILES string of the molecule is CC12CCC(=O)C=C1CC/C(=C/c1ccccc1)C2=O. The van der Waals surface area contributed by atoms with Crippen molar-refractivity contribution in [1.82, 2.24) is 0 Å².